The molecule has 0 saturated carbocycles. The summed E-state index contributed by atoms with van der Waals surface area (Å²) in [6.07, 6.45) is 0. The van der Waals surface area contributed by atoms with Crippen LogP contribution in [-0.4, -0.2) is 19.5 Å². The zero-order chi connectivity index (χ0) is 16.2. The number of benzene rings is 2. The van der Waals surface area contributed by atoms with Crippen LogP contribution < -0.4 is 4.18 Å². The second-order valence-corrected chi connectivity index (χ2v) is 6.47. The monoisotopic (exact) mass is 320 g/mol. The van der Waals surface area contributed by atoms with Crippen molar-refractivity contribution in [1.29, 1.82) is 0 Å². The highest BCUT2D eigenvalue weighted by atomic mass is 32.2. The Morgan fingerprint density at radius 1 is 1.09 bits per heavy atom. The van der Waals surface area contributed by atoms with Crippen molar-refractivity contribution in [3.63, 3.8) is 0 Å². The highest BCUT2D eigenvalue weighted by Gasteiger charge is 2.16. The zero-order valence-electron chi connectivity index (χ0n) is 12.0. The standard InChI is InChI=1S/C16H16O5S/c1-12(16(17)18)14-7-9-15(10-8-14)21-22(19,20)11-13-5-3-2-4-6-13/h2-10,12H,11H2,1H3,(H,17,18)/t12-/m0/s1. The number of carbonyl (C=O) groups is 1. The molecule has 0 bridgehead atoms. The van der Waals surface area contributed by atoms with E-state index in [4.69, 9.17) is 9.29 Å². The number of rotatable bonds is 6. The van der Waals surface area contributed by atoms with Crippen molar-refractivity contribution in [2.75, 3.05) is 0 Å². The molecule has 0 fully saturated rings. The van der Waals surface area contributed by atoms with Crippen molar-refractivity contribution >= 4 is 16.1 Å². The van der Waals surface area contributed by atoms with Gasteiger partial charge in [0.15, 0.2) is 0 Å². The number of hydrogen-bond donors (Lipinski definition) is 1. The first-order chi connectivity index (χ1) is 10.4. The largest absolute Gasteiger partial charge is 0.481 e. The summed E-state index contributed by atoms with van der Waals surface area (Å²) in [5.74, 6) is -1.65. The summed E-state index contributed by atoms with van der Waals surface area (Å²) < 4.78 is 29.0. The Morgan fingerprint density at radius 2 is 1.68 bits per heavy atom. The highest BCUT2D eigenvalue weighted by molar-refractivity contribution is 7.86. The maximum absolute atomic E-state index is 12.0. The minimum Gasteiger partial charge on any atom is -0.481 e. The third kappa shape index (κ3) is 4.33. The molecule has 0 spiro atoms. The third-order valence-electron chi connectivity index (χ3n) is 3.16. The molecule has 0 amide bonds. The van der Waals surface area contributed by atoms with E-state index in [1.807, 2.05) is 0 Å². The van der Waals surface area contributed by atoms with E-state index in [-0.39, 0.29) is 11.5 Å². The Hall–Kier alpha value is -2.34. The average Bonchev–Trinajstić information content (AvgIpc) is 2.47. The van der Waals surface area contributed by atoms with E-state index in [0.717, 1.165) is 0 Å². The maximum Gasteiger partial charge on any atom is 0.313 e. The van der Waals surface area contributed by atoms with E-state index in [9.17, 15) is 13.2 Å². The van der Waals surface area contributed by atoms with Gasteiger partial charge in [-0.2, -0.15) is 8.42 Å². The highest BCUT2D eigenvalue weighted by Crippen LogP contribution is 2.21. The Kier molecular flexibility index (Phi) is 4.82. The van der Waals surface area contributed by atoms with Gasteiger partial charge in [-0.25, -0.2) is 0 Å². The minimum absolute atomic E-state index is 0.164. The molecule has 0 unspecified atom stereocenters. The summed E-state index contributed by atoms with van der Waals surface area (Å²) in [7, 11) is -3.75. The maximum atomic E-state index is 12.0. The minimum atomic E-state index is -3.75. The van der Waals surface area contributed by atoms with Gasteiger partial charge in [0, 0.05) is 0 Å². The predicted octanol–water partition coefficient (Wildman–Crippen LogP) is 2.78. The molecule has 0 aliphatic heterocycles. The second kappa shape index (κ2) is 6.62. The molecule has 2 aromatic carbocycles. The first-order valence-corrected chi connectivity index (χ1v) is 8.24. The lowest BCUT2D eigenvalue weighted by Crippen LogP contribution is -2.12. The summed E-state index contributed by atoms with van der Waals surface area (Å²) in [5, 5.41) is 8.93. The quantitative estimate of drug-likeness (QED) is 0.828. The molecule has 0 heterocycles. The van der Waals surface area contributed by atoms with Crippen LogP contribution in [0.2, 0.25) is 0 Å². The van der Waals surface area contributed by atoms with Crippen LogP contribution in [0.1, 0.15) is 24.0 Å². The van der Waals surface area contributed by atoms with E-state index in [1.54, 1.807) is 49.4 Å². The van der Waals surface area contributed by atoms with Gasteiger partial charge in [0.2, 0.25) is 0 Å². The lowest BCUT2D eigenvalue weighted by Gasteiger charge is -2.09. The summed E-state index contributed by atoms with van der Waals surface area (Å²) >= 11 is 0. The molecule has 5 nitrogen and oxygen atoms in total. The van der Waals surface area contributed by atoms with Crippen molar-refractivity contribution in [3.8, 4) is 5.75 Å². The summed E-state index contributed by atoms with van der Waals surface area (Å²) in [6.45, 7) is 1.56. The molecule has 1 atom stereocenters. The van der Waals surface area contributed by atoms with Crippen LogP contribution in [0.25, 0.3) is 0 Å². The Morgan fingerprint density at radius 3 is 2.23 bits per heavy atom. The number of carboxylic acid groups (broad SMARTS) is 1. The fourth-order valence-corrected chi connectivity index (χ4v) is 2.97. The number of hydrogen-bond acceptors (Lipinski definition) is 4. The van der Waals surface area contributed by atoms with Crippen LogP contribution in [0.4, 0.5) is 0 Å². The lowest BCUT2D eigenvalue weighted by molar-refractivity contribution is -0.138. The summed E-state index contributed by atoms with van der Waals surface area (Å²) in [5.41, 5.74) is 1.22. The van der Waals surface area contributed by atoms with Crippen molar-refractivity contribution in [3.05, 3.63) is 65.7 Å². The molecule has 0 aromatic heterocycles. The molecule has 0 radical (unpaired) electrons. The Bertz CT molecular complexity index is 736. The molecule has 0 aliphatic carbocycles. The van der Waals surface area contributed by atoms with E-state index in [1.165, 1.54) is 12.1 Å². The van der Waals surface area contributed by atoms with Gasteiger partial charge in [-0.05, 0) is 30.2 Å². The summed E-state index contributed by atoms with van der Waals surface area (Å²) in [4.78, 5) is 10.9. The molecular weight excluding hydrogens is 304 g/mol. The number of carboxylic acids is 1. The van der Waals surface area contributed by atoms with E-state index in [2.05, 4.69) is 0 Å². The van der Waals surface area contributed by atoms with Crippen molar-refractivity contribution < 1.29 is 22.5 Å². The summed E-state index contributed by atoms with van der Waals surface area (Å²) in [6, 6.07) is 14.7. The van der Waals surface area contributed by atoms with E-state index < -0.39 is 22.0 Å². The SMILES string of the molecule is C[C@H](C(=O)O)c1ccc(OS(=O)(=O)Cc2ccccc2)cc1. The van der Waals surface area contributed by atoms with Gasteiger partial charge in [-0.15, -0.1) is 0 Å². The van der Waals surface area contributed by atoms with Gasteiger partial charge in [0.25, 0.3) is 0 Å². The van der Waals surface area contributed by atoms with Gasteiger partial charge in [0.1, 0.15) is 11.5 Å². The van der Waals surface area contributed by atoms with Crippen LogP contribution in [-0.2, 0) is 20.7 Å². The van der Waals surface area contributed by atoms with Crippen LogP contribution in [0.3, 0.4) is 0 Å². The second-order valence-electron chi connectivity index (χ2n) is 4.90. The van der Waals surface area contributed by atoms with Crippen LogP contribution in [0.5, 0.6) is 5.75 Å². The van der Waals surface area contributed by atoms with E-state index >= 15 is 0 Å². The van der Waals surface area contributed by atoms with Gasteiger partial charge in [-0.1, -0.05) is 42.5 Å². The predicted molar refractivity (Wildman–Crippen MR) is 82.2 cm³/mol. The topological polar surface area (TPSA) is 80.7 Å². The first kappa shape index (κ1) is 16.0. The molecule has 2 rings (SSSR count). The Labute approximate surface area is 129 Å². The molecule has 116 valence electrons. The van der Waals surface area contributed by atoms with Crippen molar-refractivity contribution in [2.45, 2.75) is 18.6 Å². The molecule has 22 heavy (non-hydrogen) atoms. The fourth-order valence-electron chi connectivity index (χ4n) is 1.91. The van der Waals surface area contributed by atoms with E-state index in [0.29, 0.717) is 11.1 Å². The molecule has 0 aliphatic rings. The molecule has 6 heteroatoms. The number of aliphatic carboxylic acids is 1. The van der Waals surface area contributed by atoms with Gasteiger partial charge in [0.05, 0.1) is 5.92 Å². The molecule has 2 aromatic rings. The van der Waals surface area contributed by atoms with Crippen LogP contribution in [0, 0.1) is 0 Å². The van der Waals surface area contributed by atoms with Gasteiger partial charge >= 0.3 is 16.1 Å². The molecular formula is C16H16O5S. The first-order valence-electron chi connectivity index (χ1n) is 6.66. The molecule has 1 N–H and O–H groups in total. The zero-order valence-corrected chi connectivity index (χ0v) is 12.8. The average molecular weight is 320 g/mol. The smallest absolute Gasteiger partial charge is 0.313 e. The fraction of sp³-hybridized carbons (Fsp3) is 0.188. The van der Waals surface area contributed by atoms with Crippen molar-refractivity contribution in [2.24, 2.45) is 0 Å². The van der Waals surface area contributed by atoms with Crippen LogP contribution >= 0.6 is 0 Å². The Balaban J connectivity index is 2.08. The van der Waals surface area contributed by atoms with Crippen LogP contribution in [0.15, 0.2) is 54.6 Å². The third-order valence-corrected chi connectivity index (χ3v) is 4.29. The van der Waals surface area contributed by atoms with Gasteiger partial charge in [-0.3, -0.25) is 4.79 Å². The lowest BCUT2D eigenvalue weighted by atomic mass is 10.0. The van der Waals surface area contributed by atoms with Crippen molar-refractivity contribution in [1.82, 2.24) is 0 Å². The normalized spacial score (nSPS) is 12.6. The van der Waals surface area contributed by atoms with Gasteiger partial charge < -0.3 is 9.29 Å². The molecule has 0 saturated heterocycles.